The van der Waals surface area contributed by atoms with Gasteiger partial charge in [-0.2, -0.15) is 0 Å². The van der Waals surface area contributed by atoms with Crippen molar-refractivity contribution in [2.75, 3.05) is 7.11 Å². The Morgan fingerprint density at radius 1 is 1.33 bits per heavy atom. The van der Waals surface area contributed by atoms with E-state index in [0.29, 0.717) is 17.6 Å². The highest BCUT2D eigenvalue weighted by molar-refractivity contribution is 14.1. The molecule has 5 heteroatoms. The normalized spacial score (nSPS) is 10.7. The largest absolute Gasteiger partial charge is 0.378 e. The number of hydrogen-bond donors (Lipinski definition) is 0. The Morgan fingerprint density at radius 3 is 2.78 bits per heavy atom. The summed E-state index contributed by atoms with van der Waals surface area (Å²) in [7, 11) is 1.64. The van der Waals surface area contributed by atoms with Gasteiger partial charge in [0.05, 0.1) is 15.9 Å². The SMILES string of the molecule is COCc1nc(-c2cccc(C)c2)nc(Cl)c1I. The molecule has 0 saturated heterocycles. The fourth-order valence-electron chi connectivity index (χ4n) is 1.61. The van der Waals surface area contributed by atoms with Crippen LogP contribution in [0.3, 0.4) is 0 Å². The van der Waals surface area contributed by atoms with Gasteiger partial charge < -0.3 is 4.74 Å². The van der Waals surface area contributed by atoms with Gasteiger partial charge in [-0.05, 0) is 35.6 Å². The van der Waals surface area contributed by atoms with Crippen LogP contribution in [0.15, 0.2) is 24.3 Å². The first-order chi connectivity index (χ1) is 8.61. The Hall–Kier alpha value is -0.720. The van der Waals surface area contributed by atoms with Gasteiger partial charge in [0, 0.05) is 12.7 Å². The fraction of sp³-hybridized carbons (Fsp3) is 0.231. The zero-order valence-corrected chi connectivity index (χ0v) is 13.0. The number of nitrogens with zero attached hydrogens (tertiary/aromatic N) is 2. The van der Waals surface area contributed by atoms with E-state index in [2.05, 4.69) is 32.6 Å². The van der Waals surface area contributed by atoms with Gasteiger partial charge in [0.25, 0.3) is 0 Å². The smallest absolute Gasteiger partial charge is 0.161 e. The van der Waals surface area contributed by atoms with Crippen LogP contribution < -0.4 is 0 Å². The number of rotatable bonds is 3. The first kappa shape index (κ1) is 13.7. The molecule has 2 aromatic rings. The molecule has 0 spiro atoms. The van der Waals surface area contributed by atoms with Gasteiger partial charge in [-0.15, -0.1) is 0 Å². The van der Waals surface area contributed by atoms with E-state index in [1.807, 2.05) is 31.2 Å². The van der Waals surface area contributed by atoms with Crippen molar-refractivity contribution in [3.63, 3.8) is 0 Å². The molecule has 1 heterocycles. The minimum Gasteiger partial charge on any atom is -0.378 e. The van der Waals surface area contributed by atoms with E-state index >= 15 is 0 Å². The zero-order valence-electron chi connectivity index (χ0n) is 10.1. The van der Waals surface area contributed by atoms with Crippen LogP contribution in [0.4, 0.5) is 0 Å². The summed E-state index contributed by atoms with van der Waals surface area (Å²) >= 11 is 8.26. The number of halogens is 2. The lowest BCUT2D eigenvalue weighted by atomic mass is 10.1. The van der Waals surface area contributed by atoms with Crippen LogP contribution in [-0.2, 0) is 11.3 Å². The Morgan fingerprint density at radius 2 is 2.11 bits per heavy atom. The van der Waals surface area contributed by atoms with Crippen molar-refractivity contribution in [3.05, 3.63) is 44.2 Å². The highest BCUT2D eigenvalue weighted by atomic mass is 127. The molecule has 0 atom stereocenters. The average molecular weight is 375 g/mol. The second-order valence-corrected chi connectivity index (χ2v) is 5.34. The second kappa shape index (κ2) is 5.95. The monoisotopic (exact) mass is 374 g/mol. The summed E-state index contributed by atoms with van der Waals surface area (Å²) in [4.78, 5) is 8.82. The standard InChI is InChI=1S/C13H12ClIN2O/c1-8-4-3-5-9(6-8)13-16-10(7-18-2)11(15)12(14)17-13/h3-6H,7H2,1-2H3. The predicted molar refractivity (Wildman–Crippen MR) is 80.6 cm³/mol. The van der Waals surface area contributed by atoms with E-state index in [4.69, 9.17) is 16.3 Å². The summed E-state index contributed by atoms with van der Waals surface area (Å²) in [5.41, 5.74) is 2.94. The fourth-order valence-corrected chi connectivity index (χ4v) is 2.19. The summed E-state index contributed by atoms with van der Waals surface area (Å²) in [6.07, 6.45) is 0. The number of hydrogen-bond acceptors (Lipinski definition) is 3. The zero-order chi connectivity index (χ0) is 13.1. The van der Waals surface area contributed by atoms with Crippen molar-refractivity contribution in [2.24, 2.45) is 0 Å². The molecule has 0 aliphatic heterocycles. The molecule has 2 rings (SSSR count). The molecule has 94 valence electrons. The van der Waals surface area contributed by atoms with Crippen LogP contribution in [0, 0.1) is 10.5 Å². The molecule has 1 aromatic heterocycles. The highest BCUT2D eigenvalue weighted by Gasteiger charge is 2.11. The first-order valence-corrected chi connectivity index (χ1v) is 6.85. The topological polar surface area (TPSA) is 35.0 Å². The molecule has 3 nitrogen and oxygen atoms in total. The van der Waals surface area contributed by atoms with E-state index < -0.39 is 0 Å². The molecule has 0 N–H and O–H groups in total. The molecular formula is C13H12ClIN2O. The van der Waals surface area contributed by atoms with Gasteiger partial charge in [0.2, 0.25) is 0 Å². The molecular weight excluding hydrogens is 363 g/mol. The lowest BCUT2D eigenvalue weighted by Crippen LogP contribution is -2.02. The van der Waals surface area contributed by atoms with Gasteiger partial charge in [-0.25, -0.2) is 9.97 Å². The number of ether oxygens (including phenoxy) is 1. The first-order valence-electron chi connectivity index (χ1n) is 5.39. The van der Waals surface area contributed by atoms with Gasteiger partial charge in [0.1, 0.15) is 5.15 Å². The van der Waals surface area contributed by atoms with Gasteiger partial charge in [-0.3, -0.25) is 0 Å². The molecule has 0 amide bonds. The number of aryl methyl sites for hydroxylation is 1. The van der Waals surface area contributed by atoms with Gasteiger partial charge >= 0.3 is 0 Å². The molecule has 0 aliphatic carbocycles. The molecule has 1 aromatic carbocycles. The summed E-state index contributed by atoms with van der Waals surface area (Å²) < 4.78 is 5.96. The Kier molecular flexibility index (Phi) is 4.53. The maximum atomic E-state index is 6.13. The van der Waals surface area contributed by atoms with E-state index in [1.54, 1.807) is 7.11 Å². The number of benzene rings is 1. The van der Waals surface area contributed by atoms with Crippen LogP contribution in [0.2, 0.25) is 5.15 Å². The van der Waals surface area contributed by atoms with Crippen LogP contribution in [0.1, 0.15) is 11.3 Å². The van der Waals surface area contributed by atoms with Gasteiger partial charge in [0.15, 0.2) is 5.82 Å². The van der Waals surface area contributed by atoms with E-state index in [1.165, 1.54) is 5.56 Å². The second-order valence-electron chi connectivity index (χ2n) is 3.90. The lowest BCUT2D eigenvalue weighted by Gasteiger charge is -2.08. The Labute approximate surface area is 125 Å². The van der Waals surface area contributed by atoms with E-state index in [9.17, 15) is 0 Å². The Bertz CT molecular complexity index is 575. The van der Waals surface area contributed by atoms with E-state index in [0.717, 1.165) is 14.8 Å². The molecule has 0 saturated carbocycles. The van der Waals surface area contributed by atoms with Crippen LogP contribution in [0.25, 0.3) is 11.4 Å². The van der Waals surface area contributed by atoms with Crippen molar-refractivity contribution in [1.29, 1.82) is 0 Å². The van der Waals surface area contributed by atoms with Crippen molar-refractivity contribution in [1.82, 2.24) is 9.97 Å². The molecule has 0 unspecified atom stereocenters. The van der Waals surface area contributed by atoms with Crippen LogP contribution in [0.5, 0.6) is 0 Å². The van der Waals surface area contributed by atoms with Crippen molar-refractivity contribution < 1.29 is 4.74 Å². The lowest BCUT2D eigenvalue weighted by molar-refractivity contribution is 0.181. The van der Waals surface area contributed by atoms with Crippen molar-refractivity contribution >= 4 is 34.2 Å². The molecule has 0 fully saturated rings. The Balaban J connectivity index is 2.51. The maximum Gasteiger partial charge on any atom is 0.161 e. The molecule has 0 radical (unpaired) electrons. The minimum atomic E-state index is 0.430. The molecule has 18 heavy (non-hydrogen) atoms. The van der Waals surface area contributed by atoms with Crippen LogP contribution >= 0.6 is 34.2 Å². The minimum absolute atomic E-state index is 0.430. The molecule has 0 aliphatic rings. The third-order valence-corrected chi connectivity index (χ3v) is 4.16. The van der Waals surface area contributed by atoms with Gasteiger partial charge in [-0.1, -0.05) is 35.4 Å². The summed E-state index contributed by atoms with van der Waals surface area (Å²) in [6.45, 7) is 2.47. The summed E-state index contributed by atoms with van der Waals surface area (Å²) in [6, 6.07) is 8.03. The number of aromatic nitrogens is 2. The highest BCUT2D eigenvalue weighted by Crippen LogP contribution is 2.24. The van der Waals surface area contributed by atoms with Crippen molar-refractivity contribution in [3.8, 4) is 11.4 Å². The van der Waals surface area contributed by atoms with Crippen molar-refractivity contribution in [2.45, 2.75) is 13.5 Å². The summed E-state index contributed by atoms with van der Waals surface area (Å²) in [5.74, 6) is 0.635. The average Bonchev–Trinajstić information content (AvgIpc) is 2.35. The third kappa shape index (κ3) is 2.99. The van der Waals surface area contributed by atoms with Crippen LogP contribution in [-0.4, -0.2) is 17.1 Å². The maximum absolute atomic E-state index is 6.13. The third-order valence-electron chi connectivity index (χ3n) is 2.44. The predicted octanol–water partition coefficient (Wildman–Crippen LogP) is 3.86. The van der Waals surface area contributed by atoms with E-state index in [-0.39, 0.29) is 0 Å². The number of methoxy groups -OCH3 is 1. The molecule has 0 bridgehead atoms. The quantitative estimate of drug-likeness (QED) is 0.604. The summed E-state index contributed by atoms with van der Waals surface area (Å²) in [5, 5.41) is 0.467.